The van der Waals surface area contributed by atoms with Crippen molar-refractivity contribution in [2.45, 2.75) is 19.2 Å². The highest BCUT2D eigenvalue weighted by Crippen LogP contribution is 2.45. The van der Waals surface area contributed by atoms with Crippen LogP contribution >= 0.6 is 11.8 Å². The minimum absolute atomic E-state index is 0.0985. The van der Waals surface area contributed by atoms with Crippen molar-refractivity contribution in [2.75, 3.05) is 31.8 Å². The predicted molar refractivity (Wildman–Crippen MR) is 106 cm³/mol. The molecule has 0 saturated carbocycles. The summed E-state index contributed by atoms with van der Waals surface area (Å²) in [6.07, 6.45) is 0. The zero-order valence-electron chi connectivity index (χ0n) is 15.5. The van der Waals surface area contributed by atoms with Crippen molar-refractivity contribution in [1.82, 2.24) is 4.90 Å². The molecule has 2 amide bonds. The van der Waals surface area contributed by atoms with Crippen molar-refractivity contribution >= 4 is 23.5 Å². The summed E-state index contributed by atoms with van der Waals surface area (Å²) in [5.41, 5.74) is 4.04. The Morgan fingerprint density at radius 2 is 1.92 bits per heavy atom. The molecule has 0 spiro atoms. The maximum atomic E-state index is 12.9. The van der Waals surface area contributed by atoms with Crippen molar-refractivity contribution in [3.05, 3.63) is 53.1 Å². The molecule has 1 aliphatic rings. The van der Waals surface area contributed by atoms with Crippen LogP contribution in [-0.2, 0) is 0 Å². The number of amides is 2. The number of para-hydroxylation sites is 1. The number of nitrogens with zero attached hydrogens (tertiary/aromatic N) is 1. The second-order valence-electron chi connectivity index (χ2n) is 6.18. The highest BCUT2D eigenvalue weighted by atomic mass is 32.2. The number of rotatable bonds is 4. The van der Waals surface area contributed by atoms with E-state index >= 15 is 0 Å². The fourth-order valence-corrected chi connectivity index (χ4v) is 4.39. The molecule has 2 aromatic carbocycles. The van der Waals surface area contributed by atoms with Crippen LogP contribution in [-0.4, -0.2) is 37.4 Å². The number of urea groups is 1. The van der Waals surface area contributed by atoms with E-state index < -0.39 is 0 Å². The summed E-state index contributed by atoms with van der Waals surface area (Å²) in [7, 11) is 3.25. The van der Waals surface area contributed by atoms with Gasteiger partial charge in [0.2, 0.25) is 0 Å². The molecule has 5 nitrogen and oxygen atoms in total. The van der Waals surface area contributed by atoms with Gasteiger partial charge in [-0.15, -0.1) is 11.8 Å². The topological polar surface area (TPSA) is 50.8 Å². The molecular formula is C20H24N2O3S. The molecule has 0 aromatic heterocycles. The molecule has 3 rings (SSSR count). The minimum Gasteiger partial charge on any atom is -0.493 e. The number of hydrogen-bond acceptors (Lipinski definition) is 4. The van der Waals surface area contributed by atoms with Crippen LogP contribution < -0.4 is 14.8 Å². The molecule has 6 heteroatoms. The number of thioether (sulfide) groups is 1. The Balaban J connectivity index is 1.87. The zero-order chi connectivity index (χ0) is 18.7. The molecule has 0 aliphatic carbocycles. The molecule has 1 saturated heterocycles. The lowest BCUT2D eigenvalue weighted by Gasteiger charge is -2.26. The summed E-state index contributed by atoms with van der Waals surface area (Å²) in [6.45, 7) is 4.75. The van der Waals surface area contributed by atoms with Gasteiger partial charge in [0.15, 0.2) is 11.5 Å². The van der Waals surface area contributed by atoms with E-state index in [4.69, 9.17) is 9.47 Å². The van der Waals surface area contributed by atoms with Crippen LogP contribution in [0.4, 0.5) is 10.5 Å². The van der Waals surface area contributed by atoms with Crippen LogP contribution in [0.5, 0.6) is 11.5 Å². The molecule has 1 N–H and O–H groups in total. The van der Waals surface area contributed by atoms with Crippen molar-refractivity contribution in [3.63, 3.8) is 0 Å². The van der Waals surface area contributed by atoms with Gasteiger partial charge in [-0.2, -0.15) is 0 Å². The lowest BCUT2D eigenvalue weighted by molar-refractivity contribution is 0.213. The van der Waals surface area contributed by atoms with Crippen LogP contribution in [0.2, 0.25) is 0 Å². The van der Waals surface area contributed by atoms with Crippen molar-refractivity contribution in [1.29, 1.82) is 0 Å². The predicted octanol–water partition coefficient (Wildman–Crippen LogP) is 4.60. The molecule has 0 radical (unpaired) electrons. The molecule has 1 atom stereocenters. The summed E-state index contributed by atoms with van der Waals surface area (Å²) in [6, 6.07) is 11.6. The highest BCUT2D eigenvalue weighted by molar-refractivity contribution is 7.99. The third-order valence-electron chi connectivity index (χ3n) is 4.70. The Morgan fingerprint density at radius 3 is 2.65 bits per heavy atom. The normalized spacial score (nSPS) is 16.5. The fraction of sp³-hybridized carbons (Fsp3) is 0.350. The molecule has 1 aliphatic heterocycles. The van der Waals surface area contributed by atoms with Gasteiger partial charge in [0.25, 0.3) is 0 Å². The maximum absolute atomic E-state index is 12.9. The largest absolute Gasteiger partial charge is 0.493 e. The first-order valence-electron chi connectivity index (χ1n) is 8.53. The molecule has 0 unspecified atom stereocenters. The molecular weight excluding hydrogens is 348 g/mol. The van der Waals surface area contributed by atoms with Gasteiger partial charge in [-0.3, -0.25) is 0 Å². The summed E-state index contributed by atoms with van der Waals surface area (Å²) in [5.74, 6) is 2.23. The van der Waals surface area contributed by atoms with Crippen molar-refractivity contribution in [3.8, 4) is 11.5 Å². The van der Waals surface area contributed by atoms with Gasteiger partial charge in [-0.1, -0.05) is 24.3 Å². The number of ether oxygens (including phenoxy) is 2. The molecule has 1 heterocycles. The Bertz CT molecular complexity index is 810. The summed E-state index contributed by atoms with van der Waals surface area (Å²) < 4.78 is 11.0. The van der Waals surface area contributed by atoms with Crippen LogP contribution in [0.1, 0.15) is 22.1 Å². The zero-order valence-corrected chi connectivity index (χ0v) is 16.4. The Kier molecular flexibility index (Phi) is 5.61. The quantitative estimate of drug-likeness (QED) is 0.852. The first kappa shape index (κ1) is 18.5. The second kappa shape index (κ2) is 7.91. The summed E-state index contributed by atoms with van der Waals surface area (Å²) in [4.78, 5) is 14.8. The molecule has 1 fully saturated rings. The van der Waals surface area contributed by atoms with Gasteiger partial charge in [-0.25, -0.2) is 4.79 Å². The van der Waals surface area contributed by atoms with Gasteiger partial charge in [-0.05, 0) is 37.1 Å². The number of methoxy groups -OCH3 is 2. The Morgan fingerprint density at radius 1 is 1.15 bits per heavy atom. The minimum atomic E-state index is -0.106. The number of aryl methyl sites for hydroxylation is 1. The standard InChI is InChI=1S/C20H24N2O3S/c1-13-7-5-9-16(14(13)2)21-20(23)22-11-12-26-19(22)15-8-6-10-17(24-3)18(15)25-4/h5-10,19H,11-12H2,1-4H3,(H,21,23)/t19-/m0/s1. The fourth-order valence-electron chi connectivity index (χ4n) is 3.12. The van der Waals surface area contributed by atoms with E-state index in [-0.39, 0.29) is 11.4 Å². The van der Waals surface area contributed by atoms with E-state index in [1.165, 1.54) is 0 Å². The maximum Gasteiger partial charge on any atom is 0.323 e. The van der Waals surface area contributed by atoms with Crippen molar-refractivity contribution < 1.29 is 14.3 Å². The average Bonchev–Trinajstić information content (AvgIpc) is 3.14. The van der Waals surface area contributed by atoms with E-state index in [0.717, 1.165) is 28.1 Å². The van der Waals surface area contributed by atoms with Crippen LogP contribution in [0.25, 0.3) is 0 Å². The highest BCUT2D eigenvalue weighted by Gasteiger charge is 2.33. The number of carbonyl (C=O) groups excluding carboxylic acids is 1. The summed E-state index contributed by atoms with van der Waals surface area (Å²) >= 11 is 1.73. The lowest BCUT2D eigenvalue weighted by atomic mass is 10.1. The van der Waals surface area contributed by atoms with Crippen LogP contribution in [0.15, 0.2) is 36.4 Å². The van der Waals surface area contributed by atoms with Crippen LogP contribution in [0, 0.1) is 13.8 Å². The first-order chi connectivity index (χ1) is 12.6. The van der Waals surface area contributed by atoms with Gasteiger partial charge in [0, 0.05) is 23.5 Å². The first-order valence-corrected chi connectivity index (χ1v) is 9.58. The number of carbonyl (C=O) groups is 1. The van der Waals surface area contributed by atoms with E-state index in [1.54, 1.807) is 26.0 Å². The smallest absolute Gasteiger partial charge is 0.323 e. The average molecular weight is 372 g/mol. The molecule has 26 heavy (non-hydrogen) atoms. The van der Waals surface area contributed by atoms with Gasteiger partial charge in [0.05, 0.1) is 14.2 Å². The number of anilines is 1. The van der Waals surface area contributed by atoms with E-state index in [2.05, 4.69) is 5.32 Å². The second-order valence-corrected chi connectivity index (χ2v) is 7.37. The number of hydrogen-bond donors (Lipinski definition) is 1. The van der Waals surface area contributed by atoms with Gasteiger partial charge < -0.3 is 19.7 Å². The lowest BCUT2D eigenvalue weighted by Crippen LogP contribution is -2.34. The van der Waals surface area contributed by atoms with E-state index in [1.807, 2.05) is 55.1 Å². The van der Waals surface area contributed by atoms with Crippen LogP contribution in [0.3, 0.4) is 0 Å². The molecule has 0 bridgehead atoms. The Labute approximate surface area is 158 Å². The van der Waals surface area contributed by atoms with Gasteiger partial charge >= 0.3 is 6.03 Å². The number of nitrogens with one attached hydrogen (secondary N) is 1. The summed E-state index contributed by atoms with van der Waals surface area (Å²) in [5, 5.41) is 2.95. The molecule has 138 valence electrons. The number of benzene rings is 2. The third kappa shape index (κ3) is 3.46. The Hall–Kier alpha value is -2.34. The van der Waals surface area contributed by atoms with Gasteiger partial charge in [0.1, 0.15) is 5.37 Å². The van der Waals surface area contributed by atoms with E-state index in [0.29, 0.717) is 18.0 Å². The third-order valence-corrected chi connectivity index (χ3v) is 5.94. The SMILES string of the molecule is COc1cccc([C@@H]2SCCN2C(=O)Nc2cccc(C)c2C)c1OC. The molecule has 2 aromatic rings. The van der Waals surface area contributed by atoms with Crippen molar-refractivity contribution in [2.24, 2.45) is 0 Å². The monoisotopic (exact) mass is 372 g/mol. The van der Waals surface area contributed by atoms with E-state index in [9.17, 15) is 4.79 Å².